The first kappa shape index (κ1) is 32.4. The largest absolute Gasteiger partial charge is 0.497 e. The van der Waals surface area contributed by atoms with Gasteiger partial charge in [-0.1, -0.05) is 42.8 Å². The minimum Gasteiger partial charge on any atom is -0.497 e. The molecule has 0 aliphatic rings. The first-order chi connectivity index (χ1) is 19.9. The molecule has 9 nitrogen and oxygen atoms in total. The Balaban J connectivity index is 2.13. The van der Waals surface area contributed by atoms with E-state index in [1.165, 1.54) is 68.5 Å². The van der Waals surface area contributed by atoms with E-state index in [-0.39, 0.29) is 34.5 Å². The fraction of sp³-hybridized carbons (Fsp3) is 0.355. The lowest BCUT2D eigenvalue weighted by Gasteiger charge is -2.33. The number of aryl methyl sites for hydroxylation is 1. The van der Waals surface area contributed by atoms with Gasteiger partial charge in [0, 0.05) is 24.2 Å². The molecule has 2 amide bonds. The highest BCUT2D eigenvalue weighted by Crippen LogP contribution is 2.36. The van der Waals surface area contributed by atoms with Crippen molar-refractivity contribution < 1.29 is 31.9 Å². The number of carbonyl (C=O) groups excluding carboxylic acids is 2. The molecule has 2 atom stereocenters. The van der Waals surface area contributed by atoms with Crippen LogP contribution in [0, 0.1) is 12.7 Å². The average molecular weight is 600 g/mol. The summed E-state index contributed by atoms with van der Waals surface area (Å²) in [6.07, 6.45) is 0.665. The summed E-state index contributed by atoms with van der Waals surface area (Å²) >= 11 is 0. The van der Waals surface area contributed by atoms with Crippen LogP contribution in [0.3, 0.4) is 0 Å². The SMILES string of the molecule is CC[C@@H](C)NC(=O)[C@@H](C)N(Cc1ccccc1F)C(=O)CN(c1cc(OC)ccc1OC)S(=O)(=O)c1ccc(C)cc1. The van der Waals surface area contributed by atoms with Gasteiger partial charge in [0.25, 0.3) is 10.0 Å². The Morgan fingerprint density at radius 2 is 1.64 bits per heavy atom. The topological polar surface area (TPSA) is 105 Å². The van der Waals surface area contributed by atoms with Gasteiger partial charge in [0.05, 0.1) is 24.8 Å². The summed E-state index contributed by atoms with van der Waals surface area (Å²) in [6, 6.07) is 15.5. The minimum atomic E-state index is -4.33. The summed E-state index contributed by atoms with van der Waals surface area (Å²) in [4.78, 5) is 28.4. The molecule has 0 spiro atoms. The zero-order valence-corrected chi connectivity index (χ0v) is 25.6. The summed E-state index contributed by atoms with van der Waals surface area (Å²) < 4.78 is 54.6. The number of methoxy groups -OCH3 is 2. The van der Waals surface area contributed by atoms with Crippen molar-refractivity contribution in [2.45, 2.75) is 57.6 Å². The van der Waals surface area contributed by atoms with E-state index in [4.69, 9.17) is 9.47 Å². The Labute approximate surface area is 247 Å². The van der Waals surface area contributed by atoms with Crippen molar-refractivity contribution in [3.8, 4) is 11.5 Å². The van der Waals surface area contributed by atoms with Gasteiger partial charge in [0.15, 0.2) is 0 Å². The van der Waals surface area contributed by atoms with E-state index >= 15 is 0 Å². The molecule has 0 aliphatic heterocycles. The molecule has 0 saturated carbocycles. The van der Waals surface area contributed by atoms with Gasteiger partial charge in [0.2, 0.25) is 11.8 Å². The van der Waals surface area contributed by atoms with E-state index in [0.717, 1.165) is 9.87 Å². The Morgan fingerprint density at radius 3 is 2.24 bits per heavy atom. The standard InChI is InChI=1S/C31H38FN3O6S/c1-7-22(3)33-31(37)23(4)34(19-24-10-8-9-11-27(24)32)30(36)20-35(28-18-25(40-5)14-17-29(28)41-6)42(38,39)26-15-12-21(2)13-16-26/h8-18,22-23H,7,19-20H2,1-6H3,(H,33,37)/t22-,23-/m1/s1. The van der Waals surface area contributed by atoms with Crippen molar-refractivity contribution in [2.24, 2.45) is 0 Å². The fourth-order valence-corrected chi connectivity index (χ4v) is 5.62. The molecule has 226 valence electrons. The molecule has 42 heavy (non-hydrogen) atoms. The number of nitrogens with zero attached hydrogens (tertiary/aromatic N) is 2. The number of nitrogens with one attached hydrogen (secondary N) is 1. The van der Waals surface area contributed by atoms with Crippen LogP contribution in [0.15, 0.2) is 71.6 Å². The van der Waals surface area contributed by atoms with Gasteiger partial charge >= 0.3 is 0 Å². The molecule has 0 saturated heterocycles. The summed E-state index contributed by atoms with van der Waals surface area (Å²) in [7, 11) is -1.51. The molecule has 0 heterocycles. The first-order valence-corrected chi connectivity index (χ1v) is 15.0. The van der Waals surface area contributed by atoms with Crippen LogP contribution in [-0.4, -0.2) is 58.0 Å². The summed E-state index contributed by atoms with van der Waals surface area (Å²) in [5.74, 6) is -1.19. The van der Waals surface area contributed by atoms with Gasteiger partial charge in [-0.2, -0.15) is 0 Å². The van der Waals surface area contributed by atoms with Gasteiger partial charge in [-0.25, -0.2) is 12.8 Å². The van der Waals surface area contributed by atoms with Crippen LogP contribution in [0.1, 0.15) is 38.3 Å². The normalized spacial score (nSPS) is 12.6. The minimum absolute atomic E-state index is 0.0472. The van der Waals surface area contributed by atoms with Crippen LogP contribution in [-0.2, 0) is 26.2 Å². The van der Waals surface area contributed by atoms with E-state index in [9.17, 15) is 22.4 Å². The van der Waals surface area contributed by atoms with Crippen molar-refractivity contribution >= 4 is 27.5 Å². The lowest BCUT2D eigenvalue weighted by molar-refractivity contribution is -0.139. The predicted octanol–water partition coefficient (Wildman–Crippen LogP) is 4.68. The zero-order chi connectivity index (χ0) is 31.0. The molecule has 0 aromatic heterocycles. The molecule has 0 unspecified atom stereocenters. The lowest BCUT2D eigenvalue weighted by atomic mass is 10.1. The summed E-state index contributed by atoms with van der Waals surface area (Å²) in [5, 5.41) is 2.85. The Hall–Kier alpha value is -4.12. The third-order valence-corrected chi connectivity index (χ3v) is 8.78. The third kappa shape index (κ3) is 7.58. The zero-order valence-electron chi connectivity index (χ0n) is 24.8. The number of halogens is 1. The molecule has 3 rings (SSSR count). The van der Waals surface area contributed by atoms with Crippen LogP contribution in [0.25, 0.3) is 0 Å². The van der Waals surface area contributed by atoms with Crippen molar-refractivity contribution in [1.29, 1.82) is 0 Å². The van der Waals surface area contributed by atoms with E-state index in [2.05, 4.69) is 5.32 Å². The predicted molar refractivity (Wildman–Crippen MR) is 160 cm³/mol. The van der Waals surface area contributed by atoms with Crippen LogP contribution in [0.4, 0.5) is 10.1 Å². The number of carbonyl (C=O) groups is 2. The second-order valence-corrected chi connectivity index (χ2v) is 11.8. The third-order valence-electron chi connectivity index (χ3n) is 7.01. The molecule has 11 heteroatoms. The molecular formula is C31H38FN3O6S. The number of ether oxygens (including phenoxy) is 2. The second-order valence-electron chi connectivity index (χ2n) is 9.97. The monoisotopic (exact) mass is 599 g/mol. The number of amides is 2. The molecular weight excluding hydrogens is 561 g/mol. The molecule has 0 fully saturated rings. The lowest BCUT2D eigenvalue weighted by Crippen LogP contribution is -2.52. The van der Waals surface area contributed by atoms with Crippen molar-refractivity contribution in [1.82, 2.24) is 10.2 Å². The van der Waals surface area contributed by atoms with Crippen LogP contribution >= 0.6 is 0 Å². The van der Waals surface area contributed by atoms with Crippen molar-refractivity contribution in [3.63, 3.8) is 0 Å². The number of benzene rings is 3. The number of hydrogen-bond donors (Lipinski definition) is 1. The summed E-state index contributed by atoms with van der Waals surface area (Å²) in [6.45, 7) is 6.14. The number of sulfonamides is 1. The second kappa shape index (κ2) is 14.2. The highest BCUT2D eigenvalue weighted by Gasteiger charge is 2.34. The van der Waals surface area contributed by atoms with Crippen molar-refractivity contribution in [2.75, 3.05) is 25.1 Å². The van der Waals surface area contributed by atoms with Crippen LogP contribution in [0.5, 0.6) is 11.5 Å². The van der Waals surface area contributed by atoms with E-state index < -0.39 is 40.2 Å². The van der Waals surface area contributed by atoms with E-state index in [0.29, 0.717) is 12.2 Å². The average Bonchev–Trinajstić information content (AvgIpc) is 2.98. The number of anilines is 1. The highest BCUT2D eigenvalue weighted by atomic mass is 32.2. The van der Waals surface area contributed by atoms with Gasteiger partial charge in [-0.05, 0) is 57.5 Å². The van der Waals surface area contributed by atoms with E-state index in [1.807, 2.05) is 20.8 Å². The van der Waals surface area contributed by atoms with Gasteiger partial charge in [0.1, 0.15) is 29.9 Å². The van der Waals surface area contributed by atoms with Gasteiger partial charge < -0.3 is 19.7 Å². The molecule has 1 N–H and O–H groups in total. The first-order valence-electron chi connectivity index (χ1n) is 13.6. The Kier molecular flexibility index (Phi) is 10.9. The van der Waals surface area contributed by atoms with Gasteiger partial charge in [-0.15, -0.1) is 0 Å². The maximum atomic E-state index is 14.7. The van der Waals surface area contributed by atoms with Crippen LogP contribution < -0.4 is 19.1 Å². The van der Waals surface area contributed by atoms with Crippen molar-refractivity contribution in [3.05, 3.63) is 83.7 Å². The van der Waals surface area contributed by atoms with E-state index in [1.54, 1.807) is 24.3 Å². The molecule has 3 aromatic carbocycles. The quantitative estimate of drug-likeness (QED) is 0.306. The molecule has 0 radical (unpaired) electrons. The molecule has 0 bridgehead atoms. The molecule has 3 aromatic rings. The Morgan fingerprint density at radius 1 is 0.976 bits per heavy atom. The number of rotatable bonds is 13. The number of hydrogen-bond acceptors (Lipinski definition) is 6. The smallest absolute Gasteiger partial charge is 0.264 e. The molecule has 0 aliphatic carbocycles. The fourth-order valence-electron chi connectivity index (χ4n) is 4.20. The van der Waals surface area contributed by atoms with Gasteiger partial charge in [-0.3, -0.25) is 13.9 Å². The maximum absolute atomic E-state index is 14.7. The highest BCUT2D eigenvalue weighted by molar-refractivity contribution is 7.92. The summed E-state index contributed by atoms with van der Waals surface area (Å²) in [5.41, 5.74) is 1.10. The van der Waals surface area contributed by atoms with Crippen LogP contribution in [0.2, 0.25) is 0 Å². The maximum Gasteiger partial charge on any atom is 0.264 e. The Bertz CT molecular complexity index is 1500.